The second-order valence-electron chi connectivity index (χ2n) is 6.23. The molecule has 2 fully saturated rings. The highest BCUT2D eigenvalue weighted by atomic mass is 32.2. The number of thioether (sulfide) groups is 1. The van der Waals surface area contributed by atoms with Gasteiger partial charge in [0.2, 0.25) is 0 Å². The van der Waals surface area contributed by atoms with Crippen molar-refractivity contribution in [3.05, 3.63) is 23.8 Å². The molecule has 0 amide bonds. The number of benzene rings is 1. The van der Waals surface area contributed by atoms with E-state index in [0.717, 1.165) is 11.3 Å². The fourth-order valence-corrected chi connectivity index (χ4v) is 5.70. The molecule has 1 aliphatic carbocycles. The molecule has 128 valence electrons. The van der Waals surface area contributed by atoms with Gasteiger partial charge in [-0.25, -0.2) is 4.99 Å². The van der Waals surface area contributed by atoms with Gasteiger partial charge in [0.05, 0.1) is 33.0 Å². The van der Waals surface area contributed by atoms with Crippen molar-refractivity contribution in [1.82, 2.24) is 0 Å². The van der Waals surface area contributed by atoms with E-state index in [2.05, 4.69) is 17.1 Å². The molecule has 2 heterocycles. The number of nitrogens with zero attached hydrogens (tertiary/aromatic N) is 2. The quantitative estimate of drug-likeness (QED) is 0.762. The highest BCUT2D eigenvalue weighted by Crippen LogP contribution is 2.81. The smallest absolute Gasteiger partial charge is 0.277 e. The van der Waals surface area contributed by atoms with Crippen LogP contribution in [0.5, 0.6) is 11.5 Å². The van der Waals surface area contributed by atoms with Gasteiger partial charge in [-0.05, 0) is 6.07 Å². The zero-order valence-electron chi connectivity index (χ0n) is 13.8. The maximum absolute atomic E-state index is 10.1. The van der Waals surface area contributed by atoms with Crippen molar-refractivity contribution in [3.8, 4) is 23.6 Å². The van der Waals surface area contributed by atoms with Gasteiger partial charge in [0, 0.05) is 23.3 Å². The standard InChI is InChI=1S/C17H16N4O3S/c1-22-10-3-4-11(12(7-10)23-2)13-15(8-18)14(20)21-17(16(13,15)9-19)24-5-6-25-17/h3-4,7,13H,5-6H2,1-2H3,(H2,20,21)/p+1/t13-,15+,16+,17+/m0/s1. The summed E-state index contributed by atoms with van der Waals surface area (Å²) in [6.07, 6.45) is 0. The Kier molecular flexibility index (Phi) is 3.24. The fourth-order valence-electron chi connectivity index (χ4n) is 4.34. The second-order valence-corrected chi connectivity index (χ2v) is 7.50. The van der Waals surface area contributed by atoms with Gasteiger partial charge >= 0.3 is 0 Å². The van der Waals surface area contributed by atoms with Crippen molar-refractivity contribution in [1.29, 1.82) is 10.5 Å². The van der Waals surface area contributed by atoms with Gasteiger partial charge in [0.25, 0.3) is 10.9 Å². The third kappa shape index (κ3) is 1.57. The number of nitriles is 2. The molecule has 25 heavy (non-hydrogen) atoms. The molecule has 1 spiro atoms. The average molecular weight is 357 g/mol. The zero-order chi connectivity index (χ0) is 17.9. The molecule has 1 saturated heterocycles. The molecule has 7 nitrogen and oxygen atoms in total. The van der Waals surface area contributed by atoms with Gasteiger partial charge in [-0.2, -0.15) is 10.5 Å². The Labute approximate surface area is 149 Å². The molecule has 3 aliphatic rings. The first-order valence-electron chi connectivity index (χ1n) is 7.80. The lowest BCUT2D eigenvalue weighted by Crippen LogP contribution is -2.88. The van der Waals surface area contributed by atoms with Crippen LogP contribution < -0.4 is 20.2 Å². The van der Waals surface area contributed by atoms with Gasteiger partial charge in [0.15, 0.2) is 10.8 Å². The number of ether oxygens (including phenoxy) is 3. The molecular formula is C17H17N4O3S+. The lowest BCUT2D eigenvalue weighted by molar-refractivity contribution is -0.583. The number of nitrogens with two attached hydrogens (primary N) is 1. The first-order valence-corrected chi connectivity index (χ1v) is 8.79. The molecule has 4 atom stereocenters. The molecule has 2 aliphatic heterocycles. The van der Waals surface area contributed by atoms with E-state index >= 15 is 0 Å². The summed E-state index contributed by atoms with van der Waals surface area (Å²) < 4.78 is 16.7. The van der Waals surface area contributed by atoms with E-state index < -0.39 is 21.8 Å². The molecule has 0 unspecified atom stereocenters. The van der Waals surface area contributed by atoms with Gasteiger partial charge in [-0.3, -0.25) is 5.73 Å². The highest BCUT2D eigenvalue weighted by Gasteiger charge is 2.96. The molecule has 3 N–H and O–H groups in total. The van der Waals surface area contributed by atoms with Gasteiger partial charge in [-0.1, -0.05) is 17.8 Å². The molecule has 1 aromatic rings. The van der Waals surface area contributed by atoms with Gasteiger partial charge in [-0.15, -0.1) is 0 Å². The number of nitrogens with one attached hydrogen (secondary N) is 1. The Morgan fingerprint density at radius 1 is 1.32 bits per heavy atom. The van der Waals surface area contributed by atoms with E-state index in [4.69, 9.17) is 19.9 Å². The number of fused-ring (bicyclic) bond motifs is 2. The maximum atomic E-state index is 10.1. The summed E-state index contributed by atoms with van der Waals surface area (Å²) in [5, 5.41) is 19.1. The van der Waals surface area contributed by atoms with E-state index in [0.29, 0.717) is 18.1 Å². The van der Waals surface area contributed by atoms with Crippen LogP contribution in [0.25, 0.3) is 0 Å². The topological polar surface area (TPSA) is 115 Å². The Bertz CT molecular complexity index is 868. The fraction of sp³-hybridized carbons (Fsp3) is 0.471. The summed E-state index contributed by atoms with van der Waals surface area (Å²) in [6, 6.07) is 10.1. The Morgan fingerprint density at radius 2 is 2.12 bits per heavy atom. The van der Waals surface area contributed by atoms with Crippen molar-refractivity contribution in [3.63, 3.8) is 0 Å². The number of hydrogen-bond acceptors (Lipinski definition) is 7. The lowest BCUT2D eigenvalue weighted by atomic mass is 9.95. The van der Waals surface area contributed by atoms with E-state index in [1.807, 2.05) is 6.07 Å². The van der Waals surface area contributed by atoms with E-state index in [9.17, 15) is 10.5 Å². The van der Waals surface area contributed by atoms with Crippen LogP contribution in [0, 0.1) is 33.5 Å². The van der Waals surface area contributed by atoms with Crippen LogP contribution >= 0.6 is 11.8 Å². The Hall–Kier alpha value is -2.42. The average Bonchev–Trinajstić information content (AvgIpc) is 2.88. The van der Waals surface area contributed by atoms with Crippen LogP contribution in [0.15, 0.2) is 18.2 Å². The predicted octanol–water partition coefficient (Wildman–Crippen LogP) is -0.310. The minimum Gasteiger partial charge on any atom is -0.497 e. The zero-order valence-corrected chi connectivity index (χ0v) is 14.6. The van der Waals surface area contributed by atoms with Crippen LogP contribution in [-0.4, -0.2) is 37.5 Å². The Balaban J connectivity index is 1.92. The summed E-state index contributed by atoms with van der Waals surface area (Å²) in [5.74, 6) is 1.78. The normalized spacial score (nSPS) is 37.8. The van der Waals surface area contributed by atoms with Crippen molar-refractivity contribution >= 4 is 17.6 Å². The highest BCUT2D eigenvalue weighted by molar-refractivity contribution is 8.00. The minimum absolute atomic E-state index is 0.286. The van der Waals surface area contributed by atoms with E-state index in [1.54, 1.807) is 26.4 Å². The maximum Gasteiger partial charge on any atom is 0.277 e. The van der Waals surface area contributed by atoms with E-state index in [-0.39, 0.29) is 5.84 Å². The van der Waals surface area contributed by atoms with Crippen molar-refractivity contribution in [2.24, 2.45) is 16.6 Å². The third-order valence-corrected chi connectivity index (χ3v) is 6.77. The minimum atomic E-state index is -1.15. The number of hydrogen-bond donors (Lipinski definition) is 2. The lowest BCUT2D eigenvalue weighted by Gasteiger charge is -2.24. The van der Waals surface area contributed by atoms with Crippen LogP contribution in [-0.2, 0) is 4.74 Å². The van der Waals surface area contributed by atoms with Crippen LogP contribution in [0.3, 0.4) is 0 Å². The molecular weight excluding hydrogens is 340 g/mol. The number of rotatable bonds is 3. The first kappa shape index (κ1) is 16.1. The number of methoxy groups -OCH3 is 2. The molecule has 1 aromatic carbocycles. The third-order valence-electron chi connectivity index (χ3n) is 5.45. The van der Waals surface area contributed by atoms with Crippen LogP contribution in [0.4, 0.5) is 0 Å². The molecule has 8 heteroatoms. The van der Waals surface area contributed by atoms with Crippen molar-refractivity contribution in [2.45, 2.75) is 11.0 Å². The number of amidine groups is 1. The second kappa shape index (κ2) is 5.04. The monoisotopic (exact) mass is 357 g/mol. The largest absolute Gasteiger partial charge is 0.497 e. The van der Waals surface area contributed by atoms with Gasteiger partial charge in [0.1, 0.15) is 11.5 Å². The van der Waals surface area contributed by atoms with Gasteiger partial charge < -0.3 is 14.2 Å². The Morgan fingerprint density at radius 3 is 2.68 bits per heavy atom. The van der Waals surface area contributed by atoms with Crippen molar-refractivity contribution in [2.75, 3.05) is 26.6 Å². The first-order chi connectivity index (χ1) is 12.1. The molecule has 0 radical (unpaired) electrons. The summed E-state index contributed by atoms with van der Waals surface area (Å²) >= 11 is 1.49. The van der Waals surface area contributed by atoms with Crippen LogP contribution in [0.2, 0.25) is 0 Å². The van der Waals surface area contributed by atoms with Crippen molar-refractivity contribution < 1.29 is 19.2 Å². The SMILES string of the molecule is COc1ccc([C@@H]2[C@@]3(C#N)[C@@]4([NH+]=C(N)[C@@]23C#N)OCCS4)c(OC)c1. The van der Waals surface area contributed by atoms with E-state index in [1.165, 1.54) is 11.8 Å². The molecule has 0 aromatic heterocycles. The summed E-state index contributed by atoms with van der Waals surface area (Å²) in [6.45, 7) is 0.502. The summed E-state index contributed by atoms with van der Waals surface area (Å²) in [7, 11) is 3.12. The molecule has 4 rings (SSSR count). The predicted molar refractivity (Wildman–Crippen MR) is 89.7 cm³/mol. The molecule has 0 bridgehead atoms. The van der Waals surface area contributed by atoms with Crippen LogP contribution in [0.1, 0.15) is 11.5 Å². The summed E-state index contributed by atoms with van der Waals surface area (Å²) in [4.78, 5) is 3.10. The molecule has 1 saturated carbocycles. The summed E-state index contributed by atoms with van der Waals surface area (Å²) in [5.41, 5.74) is 4.72.